The number of benzene rings is 1. The molecule has 1 saturated heterocycles. The number of aromatic hydroxyl groups is 1. The Labute approximate surface area is 120 Å². The molecule has 0 radical (unpaired) electrons. The largest absolute Gasteiger partial charge is 0.505 e. The van der Waals surface area contributed by atoms with E-state index in [1.807, 2.05) is 0 Å². The number of nitrogens with two attached hydrogens (primary N) is 1. The number of carbonyl (C=O) groups is 1. The molecule has 1 amide bonds. The average Bonchev–Trinajstić information content (AvgIpc) is 2.66. The molecule has 1 fully saturated rings. The highest BCUT2D eigenvalue weighted by Crippen LogP contribution is 2.39. The molecule has 0 aliphatic carbocycles. The van der Waals surface area contributed by atoms with E-state index in [2.05, 4.69) is 0 Å². The molecule has 0 saturated carbocycles. The van der Waals surface area contributed by atoms with Crippen molar-refractivity contribution in [2.75, 3.05) is 17.2 Å². The van der Waals surface area contributed by atoms with Crippen LogP contribution in [-0.2, 0) is 14.8 Å². The summed E-state index contributed by atoms with van der Waals surface area (Å²) in [6, 6.07) is 3.68. The van der Waals surface area contributed by atoms with Crippen molar-refractivity contribution in [3.63, 3.8) is 0 Å². The van der Waals surface area contributed by atoms with Gasteiger partial charge in [-0.25, -0.2) is 13.6 Å². The summed E-state index contributed by atoms with van der Waals surface area (Å²) in [5, 5.41) is 25.7. The summed E-state index contributed by atoms with van der Waals surface area (Å²) in [6.07, 6.45) is -0.0953. The first-order valence-electron chi connectivity index (χ1n) is 5.96. The molecule has 10 heteroatoms. The minimum Gasteiger partial charge on any atom is -0.505 e. The second kappa shape index (κ2) is 5.30. The van der Waals surface area contributed by atoms with Gasteiger partial charge in [0.1, 0.15) is 5.75 Å². The zero-order valence-corrected chi connectivity index (χ0v) is 11.6. The van der Waals surface area contributed by atoms with Crippen LogP contribution >= 0.6 is 0 Å². The van der Waals surface area contributed by atoms with E-state index in [0.717, 1.165) is 11.0 Å². The summed E-state index contributed by atoms with van der Waals surface area (Å²) >= 11 is 0. The minimum atomic E-state index is -3.75. The first-order chi connectivity index (χ1) is 9.69. The molecule has 0 aromatic heterocycles. The van der Waals surface area contributed by atoms with Crippen molar-refractivity contribution in [1.29, 1.82) is 0 Å². The van der Waals surface area contributed by atoms with E-state index in [1.54, 1.807) is 0 Å². The average molecular weight is 315 g/mol. The van der Waals surface area contributed by atoms with E-state index in [-0.39, 0.29) is 18.7 Å². The standard InChI is InChI=1S/C11H13N3O6S/c12-21(19,20)6-7-4-10(16)13(5-7)11-8(14(17)18)2-1-3-9(11)15/h1-3,7,15H,4-6H2,(H2,12,19,20). The van der Waals surface area contributed by atoms with Crippen LogP contribution < -0.4 is 10.0 Å². The lowest BCUT2D eigenvalue weighted by Crippen LogP contribution is -2.28. The number of amides is 1. The SMILES string of the molecule is NS(=O)(=O)CC1CC(=O)N(c2c(O)cccc2[N+](=O)[O-])C1. The molecule has 1 aliphatic heterocycles. The summed E-state index contributed by atoms with van der Waals surface area (Å²) in [7, 11) is -3.75. The van der Waals surface area contributed by atoms with Gasteiger partial charge in [0.2, 0.25) is 15.9 Å². The monoisotopic (exact) mass is 315 g/mol. The maximum Gasteiger partial charge on any atom is 0.296 e. The molecule has 3 N–H and O–H groups in total. The molecule has 1 aliphatic rings. The molecule has 114 valence electrons. The highest BCUT2D eigenvalue weighted by molar-refractivity contribution is 7.89. The van der Waals surface area contributed by atoms with Gasteiger partial charge in [0.15, 0.2) is 5.69 Å². The van der Waals surface area contributed by atoms with Crippen LogP contribution in [0.2, 0.25) is 0 Å². The van der Waals surface area contributed by atoms with Gasteiger partial charge in [-0.05, 0) is 6.07 Å². The Morgan fingerprint density at radius 1 is 1.48 bits per heavy atom. The lowest BCUT2D eigenvalue weighted by atomic mass is 10.1. The molecule has 1 aromatic carbocycles. The smallest absolute Gasteiger partial charge is 0.296 e. The highest BCUT2D eigenvalue weighted by Gasteiger charge is 2.37. The van der Waals surface area contributed by atoms with Crippen LogP contribution in [0.15, 0.2) is 18.2 Å². The van der Waals surface area contributed by atoms with E-state index in [4.69, 9.17) is 5.14 Å². The summed E-state index contributed by atoms with van der Waals surface area (Å²) in [5.74, 6) is -1.86. The Bertz CT molecular complexity index is 702. The van der Waals surface area contributed by atoms with Crippen molar-refractivity contribution < 1.29 is 23.2 Å². The van der Waals surface area contributed by atoms with Crippen LogP contribution in [0.1, 0.15) is 6.42 Å². The quantitative estimate of drug-likeness (QED) is 0.588. The molecule has 0 bridgehead atoms. The number of para-hydroxylation sites is 1. The second-order valence-corrected chi connectivity index (χ2v) is 6.47. The highest BCUT2D eigenvalue weighted by atomic mass is 32.2. The van der Waals surface area contributed by atoms with Crippen molar-refractivity contribution in [3.8, 4) is 5.75 Å². The fourth-order valence-corrected chi connectivity index (χ4v) is 3.26. The van der Waals surface area contributed by atoms with Gasteiger partial charge < -0.3 is 10.0 Å². The van der Waals surface area contributed by atoms with Gasteiger partial charge in [-0.1, -0.05) is 6.07 Å². The molecular formula is C11H13N3O6S. The third-order valence-electron chi connectivity index (χ3n) is 3.13. The van der Waals surface area contributed by atoms with Gasteiger partial charge in [0, 0.05) is 24.9 Å². The van der Waals surface area contributed by atoms with Crippen LogP contribution in [-0.4, -0.2) is 36.7 Å². The van der Waals surface area contributed by atoms with E-state index in [1.165, 1.54) is 12.1 Å². The number of nitro groups is 1. The number of nitrogens with zero attached hydrogens (tertiary/aromatic N) is 2. The first kappa shape index (κ1) is 15.2. The van der Waals surface area contributed by atoms with Gasteiger partial charge in [-0.15, -0.1) is 0 Å². The van der Waals surface area contributed by atoms with Crippen molar-refractivity contribution >= 4 is 27.3 Å². The Hall–Kier alpha value is -2.20. The van der Waals surface area contributed by atoms with E-state index >= 15 is 0 Å². The number of phenolic OH excluding ortho intramolecular Hbond substituents is 1. The summed E-state index contributed by atoms with van der Waals surface area (Å²) in [4.78, 5) is 23.3. The Kier molecular flexibility index (Phi) is 3.83. The van der Waals surface area contributed by atoms with Crippen LogP contribution in [0.25, 0.3) is 0 Å². The first-order valence-corrected chi connectivity index (χ1v) is 7.68. The lowest BCUT2D eigenvalue weighted by molar-refractivity contribution is -0.384. The van der Waals surface area contributed by atoms with Crippen LogP contribution in [0.3, 0.4) is 0 Å². The fraction of sp³-hybridized carbons (Fsp3) is 0.364. The van der Waals surface area contributed by atoms with Gasteiger partial charge >= 0.3 is 0 Å². The Balaban J connectivity index is 2.36. The zero-order chi connectivity index (χ0) is 15.8. The minimum absolute atomic E-state index is 0.0479. The molecule has 1 aromatic rings. The predicted octanol–water partition coefficient (Wildman–Crippen LogP) is -0.0582. The fourth-order valence-electron chi connectivity index (χ4n) is 2.38. The number of hydrogen-bond donors (Lipinski definition) is 2. The summed E-state index contributed by atoms with van der Waals surface area (Å²) in [5.41, 5.74) is -0.635. The maximum atomic E-state index is 12.0. The summed E-state index contributed by atoms with van der Waals surface area (Å²) < 4.78 is 22.1. The van der Waals surface area contributed by atoms with Gasteiger partial charge in [0.05, 0.1) is 10.7 Å². The number of phenols is 1. The topological polar surface area (TPSA) is 144 Å². The van der Waals surface area contributed by atoms with Crippen molar-refractivity contribution in [3.05, 3.63) is 28.3 Å². The third-order valence-corrected chi connectivity index (χ3v) is 4.07. The number of carbonyl (C=O) groups excluding carboxylic acids is 1. The zero-order valence-electron chi connectivity index (χ0n) is 10.8. The van der Waals surface area contributed by atoms with Crippen LogP contribution in [0.5, 0.6) is 5.75 Å². The molecule has 9 nitrogen and oxygen atoms in total. The van der Waals surface area contributed by atoms with E-state index in [9.17, 15) is 28.4 Å². The summed E-state index contributed by atoms with van der Waals surface area (Å²) in [6.45, 7) is -0.0479. The second-order valence-electron chi connectivity index (χ2n) is 4.81. The number of primary sulfonamides is 1. The number of rotatable bonds is 4. The van der Waals surface area contributed by atoms with E-state index in [0.29, 0.717) is 0 Å². The van der Waals surface area contributed by atoms with Crippen molar-refractivity contribution in [2.45, 2.75) is 6.42 Å². The molecule has 1 atom stereocenters. The van der Waals surface area contributed by atoms with Gasteiger partial charge in [-0.2, -0.15) is 0 Å². The molecule has 2 rings (SSSR count). The molecular weight excluding hydrogens is 302 g/mol. The number of anilines is 1. The van der Waals surface area contributed by atoms with E-state index < -0.39 is 44.0 Å². The maximum absolute atomic E-state index is 12.0. The third kappa shape index (κ3) is 3.28. The predicted molar refractivity (Wildman–Crippen MR) is 73.2 cm³/mol. The Morgan fingerprint density at radius 3 is 2.71 bits per heavy atom. The van der Waals surface area contributed by atoms with Crippen molar-refractivity contribution in [2.24, 2.45) is 11.1 Å². The van der Waals surface area contributed by atoms with Gasteiger partial charge in [-0.3, -0.25) is 14.9 Å². The molecule has 1 heterocycles. The number of nitro benzene ring substituents is 1. The van der Waals surface area contributed by atoms with Crippen LogP contribution in [0, 0.1) is 16.0 Å². The number of sulfonamides is 1. The van der Waals surface area contributed by atoms with Crippen LogP contribution in [0.4, 0.5) is 11.4 Å². The lowest BCUT2D eigenvalue weighted by Gasteiger charge is -2.17. The number of hydrogen-bond acceptors (Lipinski definition) is 6. The molecule has 21 heavy (non-hydrogen) atoms. The Morgan fingerprint density at radius 2 is 2.14 bits per heavy atom. The van der Waals surface area contributed by atoms with Crippen molar-refractivity contribution in [1.82, 2.24) is 0 Å². The molecule has 0 spiro atoms. The normalized spacial score (nSPS) is 19.0. The molecule has 1 unspecified atom stereocenters. The van der Waals surface area contributed by atoms with Gasteiger partial charge in [0.25, 0.3) is 5.69 Å².